The first kappa shape index (κ1) is 15.1. The first-order chi connectivity index (χ1) is 10.1. The minimum atomic E-state index is -1.04. The van der Waals surface area contributed by atoms with Crippen LogP contribution in [0.3, 0.4) is 0 Å². The zero-order valence-corrected chi connectivity index (χ0v) is 12.0. The summed E-state index contributed by atoms with van der Waals surface area (Å²) in [6, 6.07) is 5.48. The van der Waals surface area contributed by atoms with Gasteiger partial charge in [-0.15, -0.1) is 6.58 Å². The lowest BCUT2D eigenvalue weighted by molar-refractivity contribution is -0.137. The third-order valence-electron chi connectivity index (χ3n) is 3.60. The van der Waals surface area contributed by atoms with E-state index < -0.39 is 12.0 Å². The first-order valence-corrected chi connectivity index (χ1v) is 7.11. The van der Waals surface area contributed by atoms with Gasteiger partial charge in [0.2, 0.25) is 0 Å². The van der Waals surface area contributed by atoms with Gasteiger partial charge < -0.3 is 15.3 Å². The maximum Gasteiger partial charge on any atom is 0.323 e. The average Bonchev–Trinajstić information content (AvgIpc) is 2.47. The number of carboxylic acid groups (broad SMARTS) is 1. The Balaban J connectivity index is 2.14. The number of carboxylic acids is 1. The van der Waals surface area contributed by atoms with Crippen LogP contribution in [0.1, 0.15) is 24.0 Å². The molecule has 5 nitrogen and oxygen atoms in total. The van der Waals surface area contributed by atoms with Crippen LogP contribution in [-0.2, 0) is 17.6 Å². The molecule has 0 aromatic heterocycles. The van der Waals surface area contributed by atoms with E-state index in [1.807, 2.05) is 12.1 Å². The number of amides is 2. The summed E-state index contributed by atoms with van der Waals surface area (Å²) >= 11 is 0. The van der Waals surface area contributed by atoms with Crippen LogP contribution < -0.4 is 5.32 Å². The van der Waals surface area contributed by atoms with Crippen LogP contribution in [0.2, 0.25) is 0 Å². The zero-order chi connectivity index (χ0) is 15.2. The number of nitrogens with one attached hydrogen (secondary N) is 1. The molecule has 1 aliphatic carbocycles. The quantitative estimate of drug-likeness (QED) is 0.818. The summed E-state index contributed by atoms with van der Waals surface area (Å²) in [7, 11) is 0. The van der Waals surface area contributed by atoms with Crippen LogP contribution >= 0.6 is 0 Å². The first-order valence-electron chi connectivity index (χ1n) is 7.11. The molecule has 0 spiro atoms. The molecular formula is C16H20N2O3. The maximum atomic E-state index is 12.2. The molecule has 2 rings (SSSR count). The van der Waals surface area contributed by atoms with Gasteiger partial charge in [0.15, 0.2) is 0 Å². The van der Waals surface area contributed by atoms with Crippen molar-refractivity contribution in [1.29, 1.82) is 0 Å². The molecule has 0 saturated heterocycles. The number of anilines is 1. The molecule has 1 aromatic rings. The van der Waals surface area contributed by atoms with E-state index in [0.717, 1.165) is 24.9 Å². The summed E-state index contributed by atoms with van der Waals surface area (Å²) in [5, 5.41) is 11.7. The summed E-state index contributed by atoms with van der Waals surface area (Å²) in [4.78, 5) is 24.3. The largest absolute Gasteiger partial charge is 0.480 e. The number of fused-ring (bicyclic) bond motifs is 1. The van der Waals surface area contributed by atoms with Gasteiger partial charge in [0, 0.05) is 12.2 Å². The van der Waals surface area contributed by atoms with Crippen LogP contribution in [0.15, 0.2) is 30.9 Å². The molecule has 1 aliphatic rings. The Hall–Kier alpha value is -2.30. The number of carbonyl (C=O) groups excluding carboxylic acids is 1. The van der Waals surface area contributed by atoms with Crippen LogP contribution in [0, 0.1) is 0 Å². The lowest BCUT2D eigenvalue weighted by atomic mass is 9.90. The van der Waals surface area contributed by atoms with Gasteiger partial charge in [0.25, 0.3) is 0 Å². The van der Waals surface area contributed by atoms with Crippen molar-refractivity contribution in [3.05, 3.63) is 42.0 Å². The fourth-order valence-corrected chi connectivity index (χ4v) is 2.63. The summed E-state index contributed by atoms with van der Waals surface area (Å²) in [5.41, 5.74) is 3.23. The Bertz CT molecular complexity index is 554. The minimum absolute atomic E-state index is 0.202. The highest BCUT2D eigenvalue weighted by atomic mass is 16.4. The fraction of sp³-hybridized carbons (Fsp3) is 0.375. The molecule has 5 heteroatoms. The second-order valence-electron chi connectivity index (χ2n) is 5.14. The van der Waals surface area contributed by atoms with E-state index in [1.54, 1.807) is 0 Å². The number of hydrogen-bond donors (Lipinski definition) is 2. The minimum Gasteiger partial charge on any atom is -0.480 e. The number of nitrogens with zero attached hydrogens (tertiary/aromatic N) is 1. The van der Waals surface area contributed by atoms with Gasteiger partial charge in [0.05, 0.1) is 0 Å². The van der Waals surface area contributed by atoms with E-state index in [-0.39, 0.29) is 13.1 Å². The van der Waals surface area contributed by atoms with Crippen molar-refractivity contribution in [2.75, 3.05) is 18.4 Å². The summed E-state index contributed by atoms with van der Waals surface area (Å²) in [5.74, 6) is -1.04. The van der Waals surface area contributed by atoms with Crippen molar-refractivity contribution >= 4 is 17.7 Å². The van der Waals surface area contributed by atoms with E-state index in [1.165, 1.54) is 28.5 Å². The fourth-order valence-electron chi connectivity index (χ4n) is 2.63. The number of hydrogen-bond acceptors (Lipinski definition) is 2. The molecule has 2 amide bonds. The number of urea groups is 1. The molecule has 0 aliphatic heterocycles. The van der Waals surface area contributed by atoms with Gasteiger partial charge in [-0.05, 0) is 42.9 Å². The normalized spacial score (nSPS) is 13.1. The average molecular weight is 288 g/mol. The van der Waals surface area contributed by atoms with E-state index >= 15 is 0 Å². The van der Waals surface area contributed by atoms with Gasteiger partial charge in [-0.2, -0.15) is 0 Å². The highest BCUT2D eigenvalue weighted by Gasteiger charge is 2.18. The van der Waals surface area contributed by atoms with Crippen LogP contribution in [0.4, 0.5) is 10.5 Å². The molecule has 0 fully saturated rings. The van der Waals surface area contributed by atoms with Crippen molar-refractivity contribution in [1.82, 2.24) is 4.90 Å². The highest BCUT2D eigenvalue weighted by Crippen LogP contribution is 2.27. The predicted molar refractivity (Wildman–Crippen MR) is 81.5 cm³/mol. The van der Waals surface area contributed by atoms with Crippen molar-refractivity contribution in [2.45, 2.75) is 25.7 Å². The second-order valence-corrected chi connectivity index (χ2v) is 5.14. The number of benzene rings is 1. The lowest BCUT2D eigenvalue weighted by Crippen LogP contribution is -2.39. The van der Waals surface area contributed by atoms with Crippen molar-refractivity contribution < 1.29 is 14.7 Å². The molecule has 0 radical (unpaired) electrons. The van der Waals surface area contributed by atoms with Gasteiger partial charge in [0.1, 0.15) is 6.54 Å². The maximum absolute atomic E-state index is 12.2. The number of rotatable bonds is 5. The van der Waals surface area contributed by atoms with Gasteiger partial charge >= 0.3 is 12.0 Å². The SMILES string of the molecule is C=CCN(CC(=O)O)C(=O)Nc1cccc2c1CCCC2. The van der Waals surface area contributed by atoms with E-state index in [2.05, 4.69) is 18.0 Å². The standard InChI is InChI=1S/C16H20N2O3/c1-2-10-18(11-15(19)20)16(21)17-14-9-5-7-12-6-3-4-8-13(12)14/h2,5,7,9H,1,3-4,6,8,10-11H2,(H,17,21)(H,19,20). The molecule has 0 saturated carbocycles. The topological polar surface area (TPSA) is 69.6 Å². The van der Waals surface area contributed by atoms with Crippen molar-refractivity contribution in [2.24, 2.45) is 0 Å². The monoisotopic (exact) mass is 288 g/mol. The molecule has 0 atom stereocenters. The Kier molecular flexibility index (Phi) is 4.98. The third-order valence-corrected chi connectivity index (χ3v) is 3.60. The Morgan fingerprint density at radius 3 is 2.81 bits per heavy atom. The van der Waals surface area contributed by atoms with Crippen LogP contribution in [-0.4, -0.2) is 35.1 Å². The van der Waals surface area contributed by atoms with E-state index in [9.17, 15) is 9.59 Å². The van der Waals surface area contributed by atoms with Gasteiger partial charge in [-0.25, -0.2) is 4.79 Å². The molecule has 0 unspecified atom stereocenters. The summed E-state index contributed by atoms with van der Waals surface area (Å²) in [6.07, 6.45) is 5.79. The van der Waals surface area contributed by atoms with Crippen molar-refractivity contribution in [3.63, 3.8) is 0 Å². The zero-order valence-electron chi connectivity index (χ0n) is 12.0. The lowest BCUT2D eigenvalue weighted by Gasteiger charge is -2.23. The number of aryl methyl sites for hydroxylation is 1. The molecule has 21 heavy (non-hydrogen) atoms. The Morgan fingerprint density at radius 1 is 1.33 bits per heavy atom. The highest BCUT2D eigenvalue weighted by molar-refractivity contribution is 5.92. The molecule has 2 N–H and O–H groups in total. The molecular weight excluding hydrogens is 268 g/mol. The Labute approximate surface area is 124 Å². The predicted octanol–water partition coefficient (Wildman–Crippen LogP) is 2.67. The molecule has 0 bridgehead atoms. The molecule has 112 valence electrons. The number of carbonyl (C=O) groups is 2. The molecule has 1 aromatic carbocycles. The van der Waals surface area contributed by atoms with Gasteiger partial charge in [-0.1, -0.05) is 18.2 Å². The summed E-state index contributed by atoms with van der Waals surface area (Å²) < 4.78 is 0. The number of aliphatic carboxylic acids is 1. The summed E-state index contributed by atoms with van der Waals surface area (Å²) in [6.45, 7) is 3.41. The Morgan fingerprint density at radius 2 is 2.10 bits per heavy atom. The van der Waals surface area contributed by atoms with Crippen LogP contribution in [0.5, 0.6) is 0 Å². The van der Waals surface area contributed by atoms with Gasteiger partial charge in [-0.3, -0.25) is 4.79 Å². The van der Waals surface area contributed by atoms with E-state index in [4.69, 9.17) is 5.11 Å². The second kappa shape index (κ2) is 6.92. The third kappa shape index (κ3) is 3.84. The smallest absolute Gasteiger partial charge is 0.323 e. The van der Waals surface area contributed by atoms with E-state index in [0.29, 0.717) is 0 Å². The van der Waals surface area contributed by atoms with Crippen LogP contribution in [0.25, 0.3) is 0 Å². The molecule has 0 heterocycles. The van der Waals surface area contributed by atoms with Crippen molar-refractivity contribution in [3.8, 4) is 0 Å².